The molecule has 1 atom stereocenters. The molecular formula is C40H29NO5P+. The van der Waals surface area contributed by atoms with Crippen molar-refractivity contribution in [2.75, 3.05) is 0 Å². The molecule has 0 saturated carbocycles. The lowest BCUT2D eigenvalue weighted by Gasteiger charge is -2.34. The molecule has 0 amide bonds. The Morgan fingerprint density at radius 1 is 0.660 bits per heavy atom. The minimum absolute atomic E-state index is 0.0204. The van der Waals surface area contributed by atoms with Crippen LogP contribution in [0.5, 0.6) is 0 Å². The number of benzene rings is 6. The average molecular weight is 635 g/mol. The second-order valence-corrected chi connectivity index (χ2v) is 15.0. The molecule has 1 aromatic heterocycles. The van der Waals surface area contributed by atoms with Crippen LogP contribution >= 0.6 is 7.26 Å². The van der Waals surface area contributed by atoms with Gasteiger partial charge in [0.15, 0.2) is 5.66 Å². The Morgan fingerprint density at radius 2 is 1.19 bits per heavy atom. The van der Waals surface area contributed by atoms with E-state index in [2.05, 4.69) is 36.4 Å². The topological polar surface area (TPSA) is 90.4 Å². The van der Waals surface area contributed by atoms with E-state index in [0.717, 1.165) is 32.2 Å². The summed E-state index contributed by atoms with van der Waals surface area (Å²) in [5.41, 5.74) is -0.351. The van der Waals surface area contributed by atoms with Gasteiger partial charge in [0.2, 0.25) is 5.78 Å². The number of fused-ring (bicyclic) bond motifs is 3. The molecule has 47 heavy (non-hydrogen) atoms. The summed E-state index contributed by atoms with van der Waals surface area (Å²) in [6.45, 7) is 0. The summed E-state index contributed by atoms with van der Waals surface area (Å²) in [5, 5.41) is 17.0. The number of nitro groups is 1. The minimum Gasteiger partial charge on any atom is -0.422 e. The van der Waals surface area contributed by atoms with Crippen LogP contribution in [0.1, 0.15) is 15.9 Å². The van der Waals surface area contributed by atoms with E-state index in [4.69, 9.17) is 4.42 Å². The van der Waals surface area contributed by atoms with Crippen LogP contribution in [0.2, 0.25) is 0 Å². The van der Waals surface area contributed by atoms with Crippen LogP contribution in [-0.2, 0) is 6.42 Å². The van der Waals surface area contributed by atoms with E-state index in [9.17, 15) is 14.9 Å². The van der Waals surface area contributed by atoms with Crippen LogP contribution in [0.25, 0.3) is 21.7 Å². The van der Waals surface area contributed by atoms with Crippen molar-refractivity contribution < 1.29 is 14.1 Å². The first-order chi connectivity index (χ1) is 23.0. The molecule has 0 aliphatic heterocycles. The molecule has 7 aromatic rings. The Balaban J connectivity index is 1.54. The summed E-state index contributed by atoms with van der Waals surface area (Å²) in [5.74, 6) is -0.336. The van der Waals surface area contributed by atoms with Gasteiger partial charge >= 0.3 is 5.63 Å². The Morgan fingerprint density at radius 3 is 1.74 bits per heavy atom. The van der Waals surface area contributed by atoms with Crippen LogP contribution in [0.4, 0.5) is 5.69 Å². The maximum Gasteiger partial charge on any atom is 0.347 e. The van der Waals surface area contributed by atoms with E-state index in [1.807, 2.05) is 84.9 Å². The number of hydrogen-bond acceptors (Lipinski definition) is 5. The van der Waals surface area contributed by atoms with E-state index in [-0.39, 0.29) is 23.5 Å². The van der Waals surface area contributed by atoms with E-state index >= 15 is 4.79 Å². The zero-order valence-electron chi connectivity index (χ0n) is 25.2. The van der Waals surface area contributed by atoms with Crippen molar-refractivity contribution >= 4 is 56.4 Å². The maximum absolute atomic E-state index is 15.4. The van der Waals surface area contributed by atoms with Gasteiger partial charge in [-0.1, -0.05) is 97.1 Å². The predicted molar refractivity (Wildman–Crippen MR) is 190 cm³/mol. The second-order valence-electron chi connectivity index (χ2n) is 11.4. The molecule has 0 spiro atoms. The predicted octanol–water partition coefficient (Wildman–Crippen LogP) is 7.64. The molecule has 0 bridgehead atoms. The van der Waals surface area contributed by atoms with Gasteiger partial charge in [-0.15, -0.1) is 0 Å². The van der Waals surface area contributed by atoms with E-state index in [1.54, 1.807) is 24.3 Å². The molecule has 7 heteroatoms. The van der Waals surface area contributed by atoms with Crippen LogP contribution in [-0.4, -0.2) is 16.4 Å². The summed E-state index contributed by atoms with van der Waals surface area (Å²) >= 11 is 0. The van der Waals surface area contributed by atoms with Gasteiger partial charge in [-0.05, 0) is 64.9 Å². The molecular weight excluding hydrogens is 605 g/mol. The lowest BCUT2D eigenvalue weighted by Crippen LogP contribution is -2.44. The first-order valence-electron chi connectivity index (χ1n) is 15.3. The van der Waals surface area contributed by atoms with Crippen molar-refractivity contribution in [2.24, 2.45) is 0 Å². The zero-order chi connectivity index (χ0) is 32.4. The fourth-order valence-electron chi connectivity index (χ4n) is 6.58. The number of rotatable bonds is 9. The lowest BCUT2D eigenvalue weighted by molar-refractivity contribution is -0.384. The lowest BCUT2D eigenvalue weighted by atomic mass is 10.00. The minimum atomic E-state index is -2.87. The first kappa shape index (κ1) is 30.0. The molecule has 1 heterocycles. The van der Waals surface area contributed by atoms with Crippen molar-refractivity contribution in [3.05, 3.63) is 189 Å². The molecule has 0 aliphatic rings. The monoisotopic (exact) mass is 634 g/mol. The third kappa shape index (κ3) is 5.43. The van der Waals surface area contributed by atoms with Gasteiger partial charge in [-0.3, -0.25) is 14.9 Å². The number of ketones is 1. The Kier molecular flexibility index (Phi) is 8.03. The highest BCUT2D eigenvalue weighted by Crippen LogP contribution is 2.61. The molecule has 0 saturated heterocycles. The van der Waals surface area contributed by atoms with Gasteiger partial charge in [-0.25, -0.2) is 4.79 Å². The highest BCUT2D eigenvalue weighted by Gasteiger charge is 2.56. The van der Waals surface area contributed by atoms with Crippen LogP contribution in [0.3, 0.4) is 0 Å². The Labute approximate surface area is 271 Å². The summed E-state index contributed by atoms with van der Waals surface area (Å²) in [4.78, 5) is 40.2. The number of Topliss-reactive ketones (excluding diaryl/α,β-unsaturated/α-hetero) is 1. The normalized spacial score (nSPS) is 12.2. The first-order valence-corrected chi connectivity index (χ1v) is 17.1. The Bertz CT molecular complexity index is 2190. The number of hydrogen-bond donors (Lipinski definition) is 0. The molecule has 6 aromatic carbocycles. The standard InChI is InChI=1S/C40H29NO5P/c42-39(36-27-35-34-19-11-10-12-29(34)22-25-37(35)46-40(36)43)38(26-28-20-23-30(24-21-28)41(44)45)47(31-13-4-1-5-14-31,32-15-6-2-7-16-32)33-17-8-3-9-18-33/h1-25,27,38H,26H2/q+1. The van der Waals surface area contributed by atoms with Crippen molar-refractivity contribution in [1.29, 1.82) is 0 Å². The van der Waals surface area contributed by atoms with Gasteiger partial charge in [0.05, 0.1) is 4.92 Å². The van der Waals surface area contributed by atoms with Crippen molar-refractivity contribution in [3.63, 3.8) is 0 Å². The van der Waals surface area contributed by atoms with E-state index in [0.29, 0.717) is 11.0 Å². The van der Waals surface area contributed by atoms with Gasteiger partial charge in [0, 0.05) is 23.9 Å². The van der Waals surface area contributed by atoms with Crippen molar-refractivity contribution in [3.8, 4) is 0 Å². The fraction of sp³-hybridized carbons (Fsp3) is 0.0500. The van der Waals surface area contributed by atoms with Gasteiger partial charge in [-0.2, -0.15) is 0 Å². The molecule has 0 N–H and O–H groups in total. The number of carbonyl (C=O) groups is 1. The molecule has 0 fully saturated rings. The third-order valence-electron chi connectivity index (χ3n) is 8.74. The SMILES string of the molecule is O=C(c1cc2c(ccc3ccccc32)oc1=O)C(Cc1ccc([N+](=O)[O-])cc1)[P+](c1ccccc1)(c1ccccc1)c1ccccc1. The number of nitro benzene ring substituents is 1. The van der Waals surface area contributed by atoms with E-state index in [1.165, 1.54) is 12.1 Å². The van der Waals surface area contributed by atoms with Crippen LogP contribution in [0, 0.1) is 10.1 Å². The van der Waals surface area contributed by atoms with Crippen molar-refractivity contribution in [2.45, 2.75) is 12.1 Å². The summed E-state index contributed by atoms with van der Waals surface area (Å²) in [6, 6.07) is 49.5. The van der Waals surface area contributed by atoms with Gasteiger partial charge in [0.1, 0.15) is 34.3 Å². The molecule has 6 nitrogen and oxygen atoms in total. The highest BCUT2D eigenvalue weighted by atomic mass is 31.2. The summed E-state index contributed by atoms with van der Waals surface area (Å²) in [6.07, 6.45) is 0.232. The van der Waals surface area contributed by atoms with Gasteiger partial charge in [0.25, 0.3) is 5.69 Å². The number of carbonyl (C=O) groups excluding carboxylic acids is 1. The van der Waals surface area contributed by atoms with Crippen molar-refractivity contribution in [1.82, 2.24) is 0 Å². The molecule has 1 unspecified atom stereocenters. The summed E-state index contributed by atoms with van der Waals surface area (Å²) < 4.78 is 5.86. The summed E-state index contributed by atoms with van der Waals surface area (Å²) in [7, 11) is -2.87. The number of non-ortho nitro benzene ring substituents is 1. The van der Waals surface area contributed by atoms with Gasteiger partial charge < -0.3 is 4.42 Å². The zero-order valence-corrected chi connectivity index (χ0v) is 26.1. The highest BCUT2D eigenvalue weighted by molar-refractivity contribution is 7.97. The maximum atomic E-state index is 15.4. The largest absolute Gasteiger partial charge is 0.422 e. The molecule has 228 valence electrons. The van der Waals surface area contributed by atoms with Crippen LogP contribution in [0.15, 0.2) is 167 Å². The third-order valence-corrected chi connectivity index (χ3v) is 13.4. The van der Waals surface area contributed by atoms with E-state index < -0.39 is 23.5 Å². The van der Waals surface area contributed by atoms with Crippen LogP contribution < -0.4 is 21.5 Å². The fourth-order valence-corrected chi connectivity index (χ4v) is 11.5. The second kappa shape index (κ2) is 12.6. The molecule has 0 aliphatic carbocycles. The molecule has 7 rings (SSSR count). The molecule has 0 radical (unpaired) electrons. The number of nitrogens with zero attached hydrogens (tertiary/aromatic N) is 1. The smallest absolute Gasteiger partial charge is 0.347 e. The Hall–Kier alpha value is -5.71. The average Bonchev–Trinajstić information content (AvgIpc) is 3.12. The quantitative estimate of drug-likeness (QED) is 0.0407.